The molecule has 0 heterocycles. The normalized spacial score (nSPS) is 11.3. The maximum atomic E-state index is 12.0. The summed E-state index contributed by atoms with van der Waals surface area (Å²) in [5, 5.41) is 8.73. The molecule has 0 fully saturated rings. The first-order valence-corrected chi connectivity index (χ1v) is 7.28. The van der Waals surface area contributed by atoms with Crippen LogP contribution in [0.25, 0.3) is 0 Å². The van der Waals surface area contributed by atoms with Gasteiger partial charge in [-0.25, -0.2) is 13.1 Å². The van der Waals surface area contributed by atoms with Crippen LogP contribution in [0.2, 0.25) is 5.02 Å². The number of sulfonamides is 1. The van der Waals surface area contributed by atoms with E-state index in [1.165, 1.54) is 25.3 Å². The first-order chi connectivity index (χ1) is 8.86. The van der Waals surface area contributed by atoms with E-state index in [2.05, 4.69) is 4.72 Å². The van der Waals surface area contributed by atoms with Gasteiger partial charge in [0.2, 0.25) is 10.0 Å². The molecule has 19 heavy (non-hydrogen) atoms. The van der Waals surface area contributed by atoms with Gasteiger partial charge in [-0.05, 0) is 24.6 Å². The molecular formula is C11H14ClNO5S. The fourth-order valence-electron chi connectivity index (χ4n) is 1.38. The maximum absolute atomic E-state index is 12.0. The Morgan fingerprint density at radius 1 is 1.47 bits per heavy atom. The van der Waals surface area contributed by atoms with Gasteiger partial charge in [-0.1, -0.05) is 11.6 Å². The Labute approximate surface area is 116 Å². The van der Waals surface area contributed by atoms with Gasteiger partial charge in [0.05, 0.1) is 7.11 Å². The molecule has 0 amide bonds. The van der Waals surface area contributed by atoms with E-state index in [1.54, 1.807) is 0 Å². The summed E-state index contributed by atoms with van der Waals surface area (Å²) in [5.74, 6) is -0.797. The average Bonchev–Trinajstić information content (AvgIpc) is 2.34. The van der Waals surface area contributed by atoms with E-state index in [0.29, 0.717) is 0 Å². The van der Waals surface area contributed by atoms with Crippen molar-refractivity contribution in [2.75, 3.05) is 13.7 Å². The molecule has 0 bridgehead atoms. The Hall–Kier alpha value is -1.31. The quantitative estimate of drug-likeness (QED) is 0.745. The molecule has 1 aromatic rings. The van der Waals surface area contributed by atoms with Crippen LogP contribution in [-0.2, 0) is 14.8 Å². The fraction of sp³-hybridized carbons (Fsp3) is 0.364. The summed E-state index contributed by atoms with van der Waals surface area (Å²) in [6.45, 7) is 0.0320. The van der Waals surface area contributed by atoms with E-state index in [1.807, 2.05) is 0 Å². The summed E-state index contributed by atoms with van der Waals surface area (Å²) < 4.78 is 31.3. The molecule has 0 radical (unpaired) electrons. The summed E-state index contributed by atoms with van der Waals surface area (Å²) in [4.78, 5) is 10.3. The predicted octanol–water partition coefficient (Wildman–Crippen LogP) is 1.49. The molecular weight excluding hydrogens is 294 g/mol. The highest BCUT2D eigenvalue weighted by Crippen LogP contribution is 2.26. The van der Waals surface area contributed by atoms with E-state index in [-0.39, 0.29) is 35.1 Å². The third kappa shape index (κ3) is 4.70. The molecule has 2 N–H and O–H groups in total. The third-order valence-electron chi connectivity index (χ3n) is 2.27. The molecule has 8 heteroatoms. The second-order valence-corrected chi connectivity index (χ2v) is 5.86. The molecule has 0 aliphatic rings. The second-order valence-electron chi connectivity index (χ2n) is 3.69. The Morgan fingerprint density at radius 2 is 2.16 bits per heavy atom. The monoisotopic (exact) mass is 307 g/mol. The largest absolute Gasteiger partial charge is 0.495 e. The minimum absolute atomic E-state index is 0.0320. The summed E-state index contributed by atoms with van der Waals surface area (Å²) in [7, 11) is -2.42. The van der Waals surface area contributed by atoms with E-state index in [0.717, 1.165) is 0 Å². The van der Waals surface area contributed by atoms with Crippen LogP contribution in [0.4, 0.5) is 0 Å². The SMILES string of the molecule is COc1ccc(Cl)cc1S(=O)(=O)NCCCC(=O)O. The van der Waals surface area contributed by atoms with Crippen LogP contribution in [0.5, 0.6) is 5.75 Å². The first-order valence-electron chi connectivity index (χ1n) is 5.42. The second kappa shape index (κ2) is 6.74. The Kier molecular flexibility index (Phi) is 5.59. The van der Waals surface area contributed by atoms with Crippen molar-refractivity contribution in [3.63, 3.8) is 0 Å². The van der Waals surface area contributed by atoms with Crippen LogP contribution in [-0.4, -0.2) is 33.1 Å². The number of carbonyl (C=O) groups is 1. The van der Waals surface area contributed by atoms with Gasteiger partial charge in [0.25, 0.3) is 0 Å². The van der Waals surface area contributed by atoms with Crippen molar-refractivity contribution in [3.8, 4) is 5.75 Å². The van der Waals surface area contributed by atoms with Crippen LogP contribution in [0.3, 0.4) is 0 Å². The van der Waals surface area contributed by atoms with Crippen molar-refractivity contribution < 1.29 is 23.1 Å². The van der Waals surface area contributed by atoms with Gasteiger partial charge in [0.15, 0.2) is 0 Å². The summed E-state index contributed by atoms with van der Waals surface area (Å²) in [6.07, 6.45) is 0.104. The molecule has 0 aromatic heterocycles. The topological polar surface area (TPSA) is 92.7 Å². The van der Waals surface area contributed by atoms with Gasteiger partial charge in [-0.2, -0.15) is 0 Å². The lowest BCUT2D eigenvalue weighted by molar-refractivity contribution is -0.137. The molecule has 6 nitrogen and oxygen atoms in total. The minimum atomic E-state index is -3.78. The number of rotatable bonds is 7. The van der Waals surface area contributed by atoms with Crippen molar-refractivity contribution in [1.29, 1.82) is 0 Å². The van der Waals surface area contributed by atoms with Crippen molar-refractivity contribution in [2.24, 2.45) is 0 Å². The van der Waals surface area contributed by atoms with E-state index < -0.39 is 16.0 Å². The first kappa shape index (κ1) is 15.7. The standard InChI is InChI=1S/C11H14ClNO5S/c1-18-9-5-4-8(12)7-10(9)19(16,17)13-6-2-3-11(14)15/h4-5,7,13H,2-3,6H2,1H3,(H,14,15). The Bertz CT molecular complexity index is 558. The number of benzene rings is 1. The molecule has 0 saturated carbocycles. The number of halogens is 1. The van der Waals surface area contributed by atoms with Crippen molar-refractivity contribution in [2.45, 2.75) is 17.7 Å². The zero-order valence-corrected chi connectivity index (χ0v) is 11.8. The number of carboxylic acid groups (broad SMARTS) is 1. The number of hydrogen-bond donors (Lipinski definition) is 2. The highest BCUT2D eigenvalue weighted by Gasteiger charge is 2.19. The summed E-state index contributed by atoms with van der Waals surface area (Å²) in [6, 6.07) is 4.25. The van der Waals surface area contributed by atoms with Gasteiger partial charge in [0.1, 0.15) is 10.6 Å². The van der Waals surface area contributed by atoms with Crippen LogP contribution in [0.15, 0.2) is 23.1 Å². The highest BCUT2D eigenvalue weighted by molar-refractivity contribution is 7.89. The van der Waals surface area contributed by atoms with Crippen LogP contribution >= 0.6 is 11.6 Å². The number of ether oxygens (including phenoxy) is 1. The van der Waals surface area contributed by atoms with Crippen molar-refractivity contribution >= 4 is 27.6 Å². The molecule has 0 unspecified atom stereocenters. The molecule has 1 rings (SSSR count). The molecule has 0 aliphatic carbocycles. The average molecular weight is 308 g/mol. The Morgan fingerprint density at radius 3 is 2.74 bits per heavy atom. The molecule has 0 atom stereocenters. The minimum Gasteiger partial charge on any atom is -0.495 e. The number of hydrogen-bond acceptors (Lipinski definition) is 4. The van der Waals surface area contributed by atoms with E-state index >= 15 is 0 Å². The van der Waals surface area contributed by atoms with Gasteiger partial charge in [0, 0.05) is 18.0 Å². The van der Waals surface area contributed by atoms with Crippen LogP contribution < -0.4 is 9.46 Å². The van der Waals surface area contributed by atoms with Gasteiger partial charge < -0.3 is 9.84 Å². The van der Waals surface area contributed by atoms with Gasteiger partial charge in [-0.15, -0.1) is 0 Å². The lowest BCUT2D eigenvalue weighted by Crippen LogP contribution is -2.25. The fourth-order valence-corrected chi connectivity index (χ4v) is 2.89. The molecule has 1 aromatic carbocycles. The zero-order valence-electron chi connectivity index (χ0n) is 10.2. The Balaban J connectivity index is 2.82. The van der Waals surface area contributed by atoms with Crippen molar-refractivity contribution in [3.05, 3.63) is 23.2 Å². The predicted molar refractivity (Wildman–Crippen MR) is 70.1 cm³/mol. The molecule has 0 spiro atoms. The lowest BCUT2D eigenvalue weighted by atomic mass is 10.3. The van der Waals surface area contributed by atoms with E-state index in [4.69, 9.17) is 21.4 Å². The molecule has 0 aliphatic heterocycles. The molecule has 0 saturated heterocycles. The number of aliphatic carboxylic acids is 1. The van der Waals surface area contributed by atoms with E-state index in [9.17, 15) is 13.2 Å². The smallest absolute Gasteiger partial charge is 0.303 e. The highest BCUT2D eigenvalue weighted by atomic mass is 35.5. The molecule has 106 valence electrons. The lowest BCUT2D eigenvalue weighted by Gasteiger charge is -2.10. The van der Waals surface area contributed by atoms with Gasteiger partial charge in [-0.3, -0.25) is 4.79 Å². The summed E-state index contributed by atoms with van der Waals surface area (Å²) in [5.41, 5.74) is 0. The number of carboxylic acids is 1. The van der Waals surface area contributed by atoms with Gasteiger partial charge >= 0.3 is 5.97 Å². The third-order valence-corrected chi connectivity index (χ3v) is 3.99. The maximum Gasteiger partial charge on any atom is 0.303 e. The number of nitrogens with one attached hydrogen (secondary N) is 1. The summed E-state index contributed by atoms with van der Waals surface area (Å²) >= 11 is 5.76. The van der Waals surface area contributed by atoms with Crippen LogP contribution in [0, 0.1) is 0 Å². The van der Waals surface area contributed by atoms with Crippen molar-refractivity contribution in [1.82, 2.24) is 4.72 Å². The zero-order chi connectivity index (χ0) is 14.5. The number of methoxy groups -OCH3 is 1. The van der Waals surface area contributed by atoms with Crippen LogP contribution in [0.1, 0.15) is 12.8 Å².